The Balaban J connectivity index is 0.000000892. The predicted molar refractivity (Wildman–Crippen MR) is 162 cm³/mol. The molecule has 5 rings (SSSR count). The van der Waals surface area contributed by atoms with Crippen LogP contribution >= 0.6 is 0 Å². The van der Waals surface area contributed by atoms with Gasteiger partial charge in [-0.15, -0.1) is 0 Å². The van der Waals surface area contributed by atoms with E-state index in [0.29, 0.717) is 12.0 Å². The summed E-state index contributed by atoms with van der Waals surface area (Å²) < 4.78 is 53.2. The highest BCUT2D eigenvalue weighted by Gasteiger charge is 2.33. The third-order valence-corrected chi connectivity index (χ3v) is 7.14. The summed E-state index contributed by atoms with van der Waals surface area (Å²) in [4.78, 5) is 46.9. The number of nitro benzene ring substituents is 1. The Bertz CT molecular complexity index is 1870. The number of carboxylic acids is 1. The molecule has 1 atom stereocenters. The Morgan fingerprint density at radius 3 is 2.41 bits per heavy atom. The highest BCUT2D eigenvalue weighted by atomic mass is 32.2. The Morgan fingerprint density at radius 2 is 1.87 bits per heavy atom. The normalized spacial score (nSPS) is 17.0. The first kappa shape index (κ1) is 34.0. The maximum absolute atomic E-state index is 15.3. The number of pyridine rings is 2. The number of oxime groups is 1. The van der Waals surface area contributed by atoms with Gasteiger partial charge in [-0.05, 0) is 25.0 Å². The van der Waals surface area contributed by atoms with E-state index in [0.717, 1.165) is 18.9 Å². The Hall–Kier alpha value is -4.88. The number of hydrogen-bond acceptors (Lipinski definition) is 13. The minimum absolute atomic E-state index is 0.0245. The van der Waals surface area contributed by atoms with Crippen LogP contribution in [0.1, 0.15) is 34.8 Å². The van der Waals surface area contributed by atoms with Gasteiger partial charge in [0.25, 0.3) is 15.8 Å². The molecule has 1 saturated carbocycles. The fraction of sp³-hybridized carbons (Fsp3) is 0.407. The zero-order valence-corrected chi connectivity index (χ0v) is 25.7. The number of aromatic nitrogens is 2. The lowest BCUT2D eigenvalue weighted by Gasteiger charge is -2.19. The lowest BCUT2D eigenvalue weighted by Crippen LogP contribution is -2.26. The average molecular weight is 667 g/mol. The molecule has 17 nitrogen and oxygen atoms in total. The van der Waals surface area contributed by atoms with Crippen molar-refractivity contribution in [3.63, 3.8) is 0 Å². The standard InChI is InChI=1S/C26H27FN6O8.CH4O3S/c1-39-21-5-13(20(33(37)38)7-22(21)40-2)12-41-30-19-11-31(9-14(19)8-28)25-18(27)6-16-23(34)17(26(35)36)10-32(15-3-4-15)24(16)29-25;1-5(2,3)4/h5-7,10,14-15H,3-4,8-9,11-12,28H2,1-2H3,(H,35,36);1H3,(H,2,3,4)/b30-19+;. The number of rotatable bonds is 10. The Morgan fingerprint density at radius 1 is 1.24 bits per heavy atom. The molecule has 3 heterocycles. The highest BCUT2D eigenvalue weighted by Crippen LogP contribution is 2.38. The van der Waals surface area contributed by atoms with Crippen LogP contribution < -0.4 is 25.5 Å². The minimum Gasteiger partial charge on any atom is -0.493 e. The smallest absolute Gasteiger partial charge is 0.341 e. The number of ether oxygens (including phenoxy) is 2. The second kappa shape index (κ2) is 13.6. The lowest BCUT2D eigenvalue weighted by molar-refractivity contribution is -0.386. The van der Waals surface area contributed by atoms with Crippen LogP contribution in [0.2, 0.25) is 0 Å². The van der Waals surface area contributed by atoms with Gasteiger partial charge in [-0.2, -0.15) is 8.42 Å². The zero-order valence-electron chi connectivity index (χ0n) is 24.9. The van der Waals surface area contributed by atoms with Crippen molar-refractivity contribution in [1.29, 1.82) is 0 Å². The molecule has 2 aliphatic rings. The third kappa shape index (κ3) is 7.66. The van der Waals surface area contributed by atoms with Crippen LogP contribution in [0.25, 0.3) is 11.0 Å². The van der Waals surface area contributed by atoms with Gasteiger partial charge in [0.1, 0.15) is 17.8 Å². The number of aromatic carboxylic acids is 1. The first-order valence-electron chi connectivity index (χ1n) is 13.6. The van der Waals surface area contributed by atoms with E-state index in [9.17, 15) is 33.2 Å². The van der Waals surface area contributed by atoms with Crippen molar-refractivity contribution >= 4 is 44.3 Å². The van der Waals surface area contributed by atoms with Crippen molar-refractivity contribution in [2.75, 3.05) is 45.0 Å². The molecule has 1 aliphatic heterocycles. The van der Waals surface area contributed by atoms with Crippen LogP contribution in [-0.2, 0) is 21.6 Å². The molecule has 1 aliphatic carbocycles. The number of nitrogens with zero attached hydrogens (tertiary/aromatic N) is 5. The first-order chi connectivity index (χ1) is 21.7. The summed E-state index contributed by atoms with van der Waals surface area (Å²) in [5.74, 6) is -2.06. The lowest BCUT2D eigenvalue weighted by atomic mass is 10.1. The molecule has 248 valence electrons. The van der Waals surface area contributed by atoms with Crippen LogP contribution in [0.4, 0.5) is 15.9 Å². The van der Waals surface area contributed by atoms with Gasteiger partial charge >= 0.3 is 5.97 Å². The largest absolute Gasteiger partial charge is 0.493 e. The highest BCUT2D eigenvalue weighted by molar-refractivity contribution is 7.85. The van der Waals surface area contributed by atoms with Crippen LogP contribution in [-0.4, -0.2) is 84.3 Å². The maximum Gasteiger partial charge on any atom is 0.341 e. The molecule has 1 aromatic carbocycles. The summed E-state index contributed by atoms with van der Waals surface area (Å²) in [5, 5.41) is 25.1. The fourth-order valence-corrected chi connectivity index (χ4v) is 4.86. The van der Waals surface area contributed by atoms with Crippen LogP contribution in [0.3, 0.4) is 0 Å². The molecule has 1 unspecified atom stereocenters. The first-order valence-corrected chi connectivity index (χ1v) is 15.5. The van der Waals surface area contributed by atoms with E-state index in [2.05, 4.69) is 10.1 Å². The van der Waals surface area contributed by atoms with E-state index < -0.39 is 37.8 Å². The van der Waals surface area contributed by atoms with Gasteiger partial charge < -0.3 is 34.6 Å². The number of carboxylic acid groups (broad SMARTS) is 1. The second-order valence-corrected chi connectivity index (χ2v) is 11.9. The third-order valence-electron chi connectivity index (χ3n) is 7.14. The average Bonchev–Trinajstić information content (AvgIpc) is 3.75. The topological polar surface area (TPSA) is 239 Å². The van der Waals surface area contributed by atoms with Crippen molar-refractivity contribution in [2.45, 2.75) is 25.5 Å². The summed E-state index contributed by atoms with van der Waals surface area (Å²) in [6.07, 6.45) is 3.56. The van der Waals surface area contributed by atoms with E-state index in [1.54, 1.807) is 9.47 Å². The number of nitro groups is 1. The van der Waals surface area contributed by atoms with Gasteiger partial charge in [0, 0.05) is 31.2 Å². The van der Waals surface area contributed by atoms with Gasteiger partial charge in [-0.25, -0.2) is 14.2 Å². The summed E-state index contributed by atoms with van der Waals surface area (Å²) in [6.45, 7) is 0.274. The number of halogens is 1. The summed E-state index contributed by atoms with van der Waals surface area (Å²) in [7, 11) is -0.892. The van der Waals surface area contributed by atoms with Crippen molar-refractivity contribution in [3.8, 4) is 11.5 Å². The zero-order chi connectivity index (χ0) is 33.9. The molecule has 2 fully saturated rings. The molecule has 46 heavy (non-hydrogen) atoms. The van der Waals surface area contributed by atoms with Crippen molar-refractivity contribution in [3.05, 3.63) is 61.7 Å². The number of fused-ring (bicyclic) bond motifs is 1. The number of nitrogens with two attached hydrogens (primary N) is 1. The van der Waals surface area contributed by atoms with Crippen molar-refractivity contribution < 1.29 is 46.5 Å². The molecule has 0 bridgehead atoms. The number of methoxy groups -OCH3 is 2. The second-order valence-electron chi connectivity index (χ2n) is 10.5. The molecule has 0 amide bonds. The molecular formula is C27H31FN6O11S. The monoisotopic (exact) mass is 666 g/mol. The van der Waals surface area contributed by atoms with E-state index >= 15 is 4.39 Å². The summed E-state index contributed by atoms with van der Waals surface area (Å²) in [6, 6.07) is 3.66. The van der Waals surface area contributed by atoms with E-state index in [1.807, 2.05) is 0 Å². The number of benzene rings is 1. The molecule has 0 radical (unpaired) electrons. The van der Waals surface area contributed by atoms with Gasteiger partial charge in [0.2, 0.25) is 5.43 Å². The van der Waals surface area contributed by atoms with Gasteiger partial charge in [0.15, 0.2) is 23.1 Å². The summed E-state index contributed by atoms with van der Waals surface area (Å²) >= 11 is 0. The molecule has 19 heteroatoms. The van der Waals surface area contributed by atoms with E-state index in [4.69, 9.17) is 24.6 Å². The van der Waals surface area contributed by atoms with Crippen LogP contribution in [0.5, 0.6) is 11.5 Å². The number of anilines is 1. The van der Waals surface area contributed by atoms with Crippen LogP contribution in [0.15, 0.2) is 34.3 Å². The number of carbonyl (C=O) groups is 1. The Kier molecular flexibility index (Phi) is 10.1. The quantitative estimate of drug-likeness (QED) is 0.159. The van der Waals surface area contributed by atoms with E-state index in [-0.39, 0.29) is 77.8 Å². The number of hydrogen-bond donors (Lipinski definition) is 3. The predicted octanol–water partition coefficient (Wildman–Crippen LogP) is 1.97. The maximum atomic E-state index is 15.3. The Labute approximate surface area is 260 Å². The molecule has 4 N–H and O–H groups in total. The van der Waals surface area contributed by atoms with E-state index in [1.165, 1.54) is 32.5 Å². The molecular weight excluding hydrogens is 635 g/mol. The fourth-order valence-electron chi connectivity index (χ4n) is 4.86. The molecule has 2 aromatic heterocycles. The van der Waals surface area contributed by atoms with Crippen molar-refractivity contribution in [2.24, 2.45) is 16.8 Å². The molecule has 0 spiro atoms. The van der Waals surface area contributed by atoms with Gasteiger partial charge in [0.05, 0.1) is 54.7 Å². The molecule has 3 aromatic rings. The molecule has 1 saturated heterocycles. The van der Waals surface area contributed by atoms with Gasteiger partial charge in [-0.3, -0.25) is 19.5 Å². The SMILES string of the molecule is COc1cc(CO/N=C2\CN(c3nc4c(cc3F)c(=O)c(C(=O)O)cn4C3CC3)CC2CN)c([N+](=O)[O-])cc1OC.CS(=O)(=O)O. The minimum atomic E-state index is -3.67. The van der Waals surface area contributed by atoms with Crippen LogP contribution in [0, 0.1) is 21.8 Å². The van der Waals surface area contributed by atoms with Gasteiger partial charge in [-0.1, -0.05) is 5.16 Å². The van der Waals surface area contributed by atoms with Crippen molar-refractivity contribution in [1.82, 2.24) is 9.55 Å². The summed E-state index contributed by atoms with van der Waals surface area (Å²) in [5.41, 5.74) is 5.36.